The number of allylic oxidation sites excluding steroid dienone is 3. The van der Waals surface area contributed by atoms with Gasteiger partial charge in [0.25, 0.3) is 0 Å². The number of rotatable bonds is 3. The zero-order valence-corrected chi connectivity index (χ0v) is 18.8. The van der Waals surface area contributed by atoms with E-state index in [1.165, 1.54) is 57.0 Å². The molecule has 0 nitrogen and oxygen atoms in total. The highest BCUT2D eigenvalue weighted by molar-refractivity contribution is 7.26. The van der Waals surface area contributed by atoms with Crippen molar-refractivity contribution in [3.05, 3.63) is 109 Å². The van der Waals surface area contributed by atoms with E-state index in [0.717, 1.165) is 5.57 Å². The summed E-state index contributed by atoms with van der Waals surface area (Å²) in [7, 11) is 0. The van der Waals surface area contributed by atoms with E-state index in [0.29, 0.717) is 0 Å². The molecule has 148 valence electrons. The van der Waals surface area contributed by atoms with Crippen LogP contribution in [0.2, 0.25) is 0 Å². The molecule has 0 saturated carbocycles. The predicted molar refractivity (Wildman–Crippen MR) is 141 cm³/mol. The van der Waals surface area contributed by atoms with Crippen molar-refractivity contribution in [2.24, 2.45) is 0 Å². The van der Waals surface area contributed by atoms with Gasteiger partial charge in [0, 0.05) is 40.3 Å². The summed E-state index contributed by atoms with van der Waals surface area (Å²) < 4.78 is 5.34. The van der Waals surface area contributed by atoms with Crippen LogP contribution in [0.1, 0.15) is 18.1 Å². The van der Waals surface area contributed by atoms with E-state index in [9.17, 15) is 0 Å². The first-order valence-corrected chi connectivity index (χ1v) is 12.0. The van der Waals surface area contributed by atoms with Crippen LogP contribution in [0.5, 0.6) is 0 Å². The monoisotopic (exact) mass is 432 g/mol. The van der Waals surface area contributed by atoms with Crippen LogP contribution in [0, 0.1) is 0 Å². The van der Waals surface area contributed by atoms with Crippen LogP contribution < -0.4 is 0 Å². The first-order chi connectivity index (χ1) is 15.2. The Morgan fingerprint density at radius 3 is 1.71 bits per heavy atom. The Morgan fingerprint density at radius 1 is 0.613 bits per heavy atom. The Balaban J connectivity index is 1.37. The maximum atomic E-state index is 4.38. The Kier molecular flexibility index (Phi) is 4.31. The van der Waals surface area contributed by atoms with Crippen LogP contribution in [0.25, 0.3) is 51.5 Å². The molecule has 0 atom stereocenters. The molecule has 0 unspecified atom stereocenters. The maximum absolute atomic E-state index is 4.38. The van der Waals surface area contributed by atoms with E-state index < -0.39 is 0 Å². The van der Waals surface area contributed by atoms with Crippen LogP contribution in [-0.2, 0) is 0 Å². The van der Waals surface area contributed by atoms with E-state index in [2.05, 4.69) is 105 Å². The second-order valence-corrected chi connectivity index (χ2v) is 10.1. The van der Waals surface area contributed by atoms with Gasteiger partial charge < -0.3 is 0 Å². The van der Waals surface area contributed by atoms with E-state index in [-0.39, 0.29) is 0 Å². The lowest BCUT2D eigenvalue weighted by Gasteiger charge is -2.06. The molecule has 0 fully saturated rings. The van der Waals surface area contributed by atoms with Crippen LogP contribution in [-0.4, -0.2) is 0 Å². The smallest absolute Gasteiger partial charge is 0.0361 e. The molecule has 0 aliphatic carbocycles. The highest BCUT2D eigenvalue weighted by Crippen LogP contribution is 2.37. The molecule has 0 aliphatic heterocycles. The van der Waals surface area contributed by atoms with Gasteiger partial charge in [-0.05, 0) is 53.5 Å². The molecule has 0 N–H and O–H groups in total. The van der Waals surface area contributed by atoms with Crippen molar-refractivity contribution in [3.63, 3.8) is 0 Å². The molecule has 31 heavy (non-hydrogen) atoms. The molecule has 0 aliphatic rings. The average molecular weight is 433 g/mol. The fourth-order valence-corrected chi connectivity index (χ4v) is 6.62. The topological polar surface area (TPSA) is 0 Å². The van der Waals surface area contributed by atoms with Crippen molar-refractivity contribution in [3.8, 4) is 0 Å². The minimum absolute atomic E-state index is 1.05. The Labute approximate surface area is 189 Å². The summed E-state index contributed by atoms with van der Waals surface area (Å²) in [5, 5.41) is 5.35. The van der Waals surface area contributed by atoms with Crippen molar-refractivity contribution in [2.45, 2.75) is 6.92 Å². The van der Waals surface area contributed by atoms with Gasteiger partial charge in [-0.3, -0.25) is 0 Å². The summed E-state index contributed by atoms with van der Waals surface area (Å²) in [6.07, 6.45) is 2.21. The fraction of sp³-hybridized carbons (Fsp3) is 0.0345. The zero-order valence-electron chi connectivity index (χ0n) is 17.2. The normalized spacial score (nSPS) is 12.4. The molecule has 2 heteroatoms. The molecule has 0 radical (unpaired) electrons. The predicted octanol–water partition coefficient (Wildman–Crippen LogP) is 9.54. The van der Waals surface area contributed by atoms with E-state index >= 15 is 0 Å². The van der Waals surface area contributed by atoms with Gasteiger partial charge in [-0.1, -0.05) is 73.3 Å². The first-order valence-electron chi connectivity index (χ1n) is 10.4. The summed E-state index contributed by atoms with van der Waals surface area (Å²) >= 11 is 3.72. The quantitative estimate of drug-likeness (QED) is 0.244. The van der Waals surface area contributed by atoms with Crippen molar-refractivity contribution < 1.29 is 0 Å². The molecule has 0 spiro atoms. The molecular formula is C29H20S2. The van der Waals surface area contributed by atoms with Gasteiger partial charge in [0.2, 0.25) is 0 Å². The third-order valence-electron chi connectivity index (χ3n) is 5.97. The van der Waals surface area contributed by atoms with E-state index in [4.69, 9.17) is 0 Å². The molecule has 0 bridgehead atoms. The molecule has 6 rings (SSSR count). The Hall–Kier alpha value is -3.20. The summed E-state index contributed by atoms with van der Waals surface area (Å²) in [6.45, 7) is 6.56. The van der Waals surface area contributed by atoms with Gasteiger partial charge in [-0.15, -0.1) is 22.7 Å². The molecule has 2 aromatic heterocycles. The first kappa shape index (κ1) is 18.6. The maximum Gasteiger partial charge on any atom is 0.0361 e. The lowest BCUT2D eigenvalue weighted by atomic mass is 9.99. The third kappa shape index (κ3) is 3.11. The largest absolute Gasteiger partial charge is 0.135 e. The highest BCUT2D eigenvalue weighted by atomic mass is 32.1. The third-order valence-corrected chi connectivity index (χ3v) is 8.24. The molecular weight excluding hydrogens is 412 g/mol. The molecule has 6 aromatic rings. The van der Waals surface area contributed by atoms with Gasteiger partial charge in [0.15, 0.2) is 0 Å². The van der Waals surface area contributed by atoms with Crippen molar-refractivity contribution in [1.82, 2.24) is 0 Å². The highest BCUT2D eigenvalue weighted by Gasteiger charge is 2.08. The molecule has 0 amide bonds. The van der Waals surface area contributed by atoms with Crippen LogP contribution in [0.15, 0.2) is 97.6 Å². The lowest BCUT2D eigenvalue weighted by molar-refractivity contribution is 1.61. The van der Waals surface area contributed by atoms with Crippen LogP contribution in [0.3, 0.4) is 0 Å². The van der Waals surface area contributed by atoms with Gasteiger partial charge in [0.05, 0.1) is 0 Å². The van der Waals surface area contributed by atoms with Crippen LogP contribution >= 0.6 is 22.7 Å². The Bertz CT molecular complexity index is 1660. The SMILES string of the molecule is C=C(/C=C(\C)c1ccc2c(c1)sc1ccccc12)c1ccc2c(c1)sc1ccccc12. The number of fused-ring (bicyclic) bond motifs is 6. The van der Waals surface area contributed by atoms with Gasteiger partial charge in [-0.2, -0.15) is 0 Å². The summed E-state index contributed by atoms with van der Waals surface area (Å²) in [5.41, 5.74) is 4.72. The summed E-state index contributed by atoms with van der Waals surface area (Å²) in [6, 6.07) is 30.8. The second kappa shape index (κ2) is 7.19. The molecule has 0 saturated heterocycles. The summed E-state index contributed by atoms with van der Waals surface area (Å²) in [4.78, 5) is 0. The van der Waals surface area contributed by atoms with Crippen molar-refractivity contribution >= 4 is 74.2 Å². The average Bonchev–Trinajstić information content (AvgIpc) is 3.36. The molecule has 2 heterocycles. The van der Waals surface area contributed by atoms with Gasteiger partial charge in [-0.25, -0.2) is 0 Å². The second-order valence-electron chi connectivity index (χ2n) is 7.97. The van der Waals surface area contributed by atoms with Crippen molar-refractivity contribution in [1.29, 1.82) is 0 Å². The fourth-order valence-electron chi connectivity index (χ4n) is 4.32. The molecule has 4 aromatic carbocycles. The number of hydrogen-bond acceptors (Lipinski definition) is 2. The minimum Gasteiger partial charge on any atom is -0.135 e. The van der Waals surface area contributed by atoms with Gasteiger partial charge in [0.1, 0.15) is 0 Å². The van der Waals surface area contributed by atoms with Crippen LogP contribution in [0.4, 0.5) is 0 Å². The lowest BCUT2D eigenvalue weighted by Crippen LogP contribution is -1.83. The van der Waals surface area contributed by atoms with Gasteiger partial charge >= 0.3 is 0 Å². The van der Waals surface area contributed by atoms with E-state index in [1.54, 1.807) is 0 Å². The standard InChI is InChI=1S/C29H20S2/c1-18(20-11-13-24-22-7-3-5-9-26(22)30-28(24)16-20)15-19(2)21-12-14-25-23-8-4-6-10-27(23)31-29(25)17-21/h3-17H,1H2,2H3/b19-15+. The Morgan fingerprint density at radius 2 is 1.10 bits per heavy atom. The van der Waals surface area contributed by atoms with Crippen molar-refractivity contribution in [2.75, 3.05) is 0 Å². The number of thiophene rings is 2. The summed E-state index contributed by atoms with van der Waals surface area (Å²) in [5.74, 6) is 0. The van der Waals surface area contributed by atoms with E-state index in [1.807, 2.05) is 22.7 Å². The number of hydrogen-bond donors (Lipinski definition) is 0. The zero-order chi connectivity index (χ0) is 20.9. The number of benzene rings is 4. The minimum atomic E-state index is 1.05.